The molecule has 0 atom stereocenters. The van der Waals surface area contributed by atoms with E-state index in [0.29, 0.717) is 5.56 Å². The number of thioether (sulfide) groups is 1. The molecule has 0 spiro atoms. The first-order valence-corrected chi connectivity index (χ1v) is 6.78. The largest absolute Gasteiger partial charge is 0.463 e. The van der Waals surface area contributed by atoms with E-state index < -0.39 is 11.8 Å². The van der Waals surface area contributed by atoms with E-state index >= 15 is 0 Å². The highest BCUT2D eigenvalue weighted by atomic mass is 32.2. The van der Waals surface area contributed by atoms with Gasteiger partial charge in [0.15, 0.2) is 5.12 Å². The molecule has 1 aromatic carbocycles. The molecule has 0 saturated heterocycles. The zero-order valence-corrected chi connectivity index (χ0v) is 11.6. The normalized spacial score (nSPS) is 11.2. The lowest BCUT2D eigenvalue weighted by atomic mass is 10.1. The van der Waals surface area contributed by atoms with Crippen LogP contribution in [-0.4, -0.2) is 23.4 Å². The smallest absolute Gasteiger partial charge is 0.334 e. The Morgan fingerprint density at radius 3 is 2.63 bits per heavy atom. The van der Waals surface area contributed by atoms with Crippen LogP contribution in [0.1, 0.15) is 19.4 Å². The van der Waals surface area contributed by atoms with Gasteiger partial charge in [0, 0.05) is 23.8 Å². The number of rotatable bonds is 5. The van der Waals surface area contributed by atoms with E-state index in [1.54, 1.807) is 25.1 Å². The first kappa shape index (κ1) is 15.4. The molecule has 0 radical (unpaired) electrons. The third-order valence-corrected chi connectivity index (χ3v) is 3.07. The van der Waals surface area contributed by atoms with Crippen molar-refractivity contribution in [3.63, 3.8) is 0 Å². The Balaban J connectivity index is 2.98. The molecule has 0 saturated carbocycles. The standard InChI is InChI=1S/C14H15FO3S/c1-3-18-14(17)12(9-19-10(2)16)8-11-6-4-5-7-13(11)15/h4-8H,3,9H2,1-2H3/b12-8+. The average Bonchev–Trinajstić information content (AvgIpc) is 2.36. The molecule has 5 heteroatoms. The van der Waals surface area contributed by atoms with Crippen molar-refractivity contribution >= 4 is 28.9 Å². The molecule has 19 heavy (non-hydrogen) atoms. The fourth-order valence-electron chi connectivity index (χ4n) is 1.34. The molecular formula is C14H15FO3S. The van der Waals surface area contributed by atoms with Crippen LogP contribution in [0.5, 0.6) is 0 Å². The highest BCUT2D eigenvalue weighted by molar-refractivity contribution is 8.13. The second-order valence-electron chi connectivity index (χ2n) is 3.69. The van der Waals surface area contributed by atoms with Gasteiger partial charge in [-0.2, -0.15) is 0 Å². The van der Waals surface area contributed by atoms with Crippen LogP contribution in [0.4, 0.5) is 4.39 Å². The van der Waals surface area contributed by atoms with Crippen LogP contribution in [0.3, 0.4) is 0 Å². The first-order chi connectivity index (χ1) is 9.04. The zero-order chi connectivity index (χ0) is 14.3. The number of ether oxygens (including phenoxy) is 1. The molecule has 0 aliphatic carbocycles. The van der Waals surface area contributed by atoms with Gasteiger partial charge >= 0.3 is 5.97 Å². The summed E-state index contributed by atoms with van der Waals surface area (Å²) >= 11 is 0.988. The molecule has 0 bridgehead atoms. The van der Waals surface area contributed by atoms with Crippen LogP contribution in [0.25, 0.3) is 6.08 Å². The zero-order valence-electron chi connectivity index (χ0n) is 10.8. The molecule has 102 valence electrons. The fraction of sp³-hybridized carbons (Fsp3) is 0.286. The molecular weight excluding hydrogens is 267 g/mol. The molecule has 0 heterocycles. The first-order valence-electron chi connectivity index (χ1n) is 5.80. The SMILES string of the molecule is CCOC(=O)/C(=C/c1ccccc1F)CSC(C)=O. The molecule has 0 aliphatic rings. The summed E-state index contributed by atoms with van der Waals surface area (Å²) in [5.74, 6) is -0.778. The molecule has 0 unspecified atom stereocenters. The minimum absolute atomic E-state index is 0.108. The topological polar surface area (TPSA) is 43.4 Å². The summed E-state index contributed by atoms with van der Waals surface area (Å²) in [7, 11) is 0. The van der Waals surface area contributed by atoms with E-state index in [-0.39, 0.29) is 23.0 Å². The van der Waals surface area contributed by atoms with Gasteiger partial charge in [0.25, 0.3) is 0 Å². The van der Waals surface area contributed by atoms with E-state index in [0.717, 1.165) is 11.8 Å². The van der Waals surface area contributed by atoms with Crippen molar-refractivity contribution in [2.24, 2.45) is 0 Å². The van der Waals surface area contributed by atoms with E-state index in [4.69, 9.17) is 4.74 Å². The summed E-state index contributed by atoms with van der Waals surface area (Å²) in [4.78, 5) is 22.7. The van der Waals surface area contributed by atoms with Crippen LogP contribution in [0, 0.1) is 5.82 Å². The van der Waals surface area contributed by atoms with Crippen molar-refractivity contribution in [3.05, 3.63) is 41.2 Å². The van der Waals surface area contributed by atoms with Gasteiger partial charge in [-0.3, -0.25) is 4.79 Å². The minimum Gasteiger partial charge on any atom is -0.463 e. The average molecular weight is 282 g/mol. The summed E-state index contributed by atoms with van der Waals surface area (Å²) in [6.07, 6.45) is 1.42. The van der Waals surface area contributed by atoms with Crippen molar-refractivity contribution in [3.8, 4) is 0 Å². The summed E-state index contributed by atoms with van der Waals surface area (Å²) in [5, 5.41) is -0.108. The molecule has 0 aromatic heterocycles. The Morgan fingerprint density at radius 2 is 2.05 bits per heavy atom. The molecule has 0 fully saturated rings. The molecule has 0 aliphatic heterocycles. The summed E-state index contributed by atoms with van der Waals surface area (Å²) in [6, 6.07) is 6.12. The van der Waals surface area contributed by atoms with Crippen LogP contribution < -0.4 is 0 Å². The van der Waals surface area contributed by atoms with Gasteiger partial charge in [-0.25, -0.2) is 9.18 Å². The van der Waals surface area contributed by atoms with Gasteiger partial charge in [-0.1, -0.05) is 30.0 Å². The van der Waals surface area contributed by atoms with Gasteiger partial charge in [0.2, 0.25) is 0 Å². The van der Waals surface area contributed by atoms with Gasteiger partial charge in [-0.15, -0.1) is 0 Å². The van der Waals surface area contributed by atoms with Crippen molar-refractivity contribution in [1.29, 1.82) is 0 Å². The van der Waals surface area contributed by atoms with Crippen molar-refractivity contribution in [2.45, 2.75) is 13.8 Å². The second-order valence-corrected chi connectivity index (χ2v) is 4.84. The van der Waals surface area contributed by atoms with E-state index in [1.807, 2.05) is 0 Å². The van der Waals surface area contributed by atoms with Crippen LogP contribution in [0.15, 0.2) is 29.8 Å². The summed E-state index contributed by atoms with van der Waals surface area (Å²) in [5.41, 5.74) is 0.571. The van der Waals surface area contributed by atoms with E-state index in [9.17, 15) is 14.0 Å². The lowest BCUT2D eigenvalue weighted by Crippen LogP contribution is -2.10. The Hall–Kier alpha value is -1.62. The molecule has 3 nitrogen and oxygen atoms in total. The molecule has 0 N–H and O–H groups in total. The predicted molar refractivity (Wildman–Crippen MR) is 74.1 cm³/mol. The summed E-state index contributed by atoms with van der Waals surface area (Å²) in [6.45, 7) is 3.34. The predicted octanol–water partition coefficient (Wildman–Crippen LogP) is 3.05. The van der Waals surface area contributed by atoms with Crippen molar-refractivity contribution in [1.82, 2.24) is 0 Å². The Bertz CT molecular complexity index is 497. The third-order valence-electron chi connectivity index (χ3n) is 2.20. The molecule has 1 aromatic rings. The van der Waals surface area contributed by atoms with Crippen molar-refractivity contribution in [2.75, 3.05) is 12.4 Å². The Labute approximate surface area is 115 Å². The van der Waals surface area contributed by atoms with Gasteiger partial charge in [0.1, 0.15) is 5.82 Å². The minimum atomic E-state index is -0.528. The lowest BCUT2D eigenvalue weighted by Gasteiger charge is -2.06. The van der Waals surface area contributed by atoms with Gasteiger partial charge in [0.05, 0.1) is 6.61 Å². The maximum absolute atomic E-state index is 13.5. The van der Waals surface area contributed by atoms with Crippen LogP contribution in [0.2, 0.25) is 0 Å². The van der Waals surface area contributed by atoms with E-state index in [1.165, 1.54) is 19.1 Å². The molecule has 1 rings (SSSR count). The quantitative estimate of drug-likeness (QED) is 0.615. The number of carbonyl (C=O) groups excluding carboxylic acids is 2. The monoisotopic (exact) mass is 282 g/mol. The lowest BCUT2D eigenvalue weighted by molar-refractivity contribution is -0.138. The highest BCUT2D eigenvalue weighted by Crippen LogP contribution is 2.16. The van der Waals surface area contributed by atoms with E-state index in [2.05, 4.69) is 0 Å². The molecule has 0 amide bonds. The van der Waals surface area contributed by atoms with Crippen LogP contribution in [-0.2, 0) is 14.3 Å². The number of carbonyl (C=O) groups is 2. The number of hydrogen-bond donors (Lipinski definition) is 0. The second kappa shape index (κ2) is 7.74. The maximum Gasteiger partial charge on any atom is 0.334 e. The van der Waals surface area contributed by atoms with Gasteiger partial charge < -0.3 is 4.74 Å². The number of halogens is 1. The van der Waals surface area contributed by atoms with Crippen LogP contribution >= 0.6 is 11.8 Å². The Kier molecular flexibility index (Phi) is 6.29. The maximum atomic E-state index is 13.5. The number of hydrogen-bond acceptors (Lipinski definition) is 4. The Morgan fingerprint density at radius 1 is 1.37 bits per heavy atom. The summed E-state index contributed by atoms with van der Waals surface area (Å²) < 4.78 is 18.4. The fourth-order valence-corrected chi connectivity index (χ4v) is 1.90. The highest BCUT2D eigenvalue weighted by Gasteiger charge is 2.13. The third kappa shape index (κ3) is 5.26. The number of benzene rings is 1. The van der Waals surface area contributed by atoms with Gasteiger partial charge in [-0.05, 0) is 19.1 Å². The number of esters is 1. The van der Waals surface area contributed by atoms with Crippen molar-refractivity contribution < 1.29 is 18.7 Å².